The summed E-state index contributed by atoms with van der Waals surface area (Å²) in [7, 11) is 0. The number of thiophene rings is 1. The average Bonchev–Trinajstić information content (AvgIpc) is 3.86. The summed E-state index contributed by atoms with van der Waals surface area (Å²) < 4.78 is 40.5. The Balaban J connectivity index is 0.866. The number of aromatic hydroxyl groups is 2. The zero-order valence-corrected chi connectivity index (χ0v) is 42.1. The first-order chi connectivity index (χ1) is 34.2. The predicted octanol–water partition coefficient (Wildman–Crippen LogP) is 10.3. The van der Waals surface area contributed by atoms with Crippen LogP contribution in [-0.2, 0) is 24.3 Å². The SMILES string of the molecule is CC(=N)N1C(=N)[C@H](CC(=O)NCc2ccc(CN3CCC(Cc4ccc(-n5c(C(=O)NCC(F)(F)F)nnc5-c5cc(C(C)C)c(O)cc5O)cc4)CC3)cc2)N=C(c2ccc(Cl)cc2)c2c1sc(C)c2C. The van der Waals surface area contributed by atoms with E-state index in [1.54, 1.807) is 36.1 Å². The molecular formula is C53H56ClF3N10O4S. The lowest BCUT2D eigenvalue weighted by Crippen LogP contribution is -2.42. The van der Waals surface area contributed by atoms with E-state index in [2.05, 4.69) is 32.5 Å². The Morgan fingerprint density at radius 3 is 2.19 bits per heavy atom. The number of anilines is 1. The first-order valence-corrected chi connectivity index (χ1v) is 24.8. The van der Waals surface area contributed by atoms with Gasteiger partial charge in [0.25, 0.3) is 5.91 Å². The van der Waals surface area contributed by atoms with E-state index in [-0.39, 0.29) is 52.8 Å². The predicted molar refractivity (Wildman–Crippen MR) is 275 cm³/mol. The Morgan fingerprint density at radius 1 is 0.903 bits per heavy atom. The molecule has 2 aliphatic heterocycles. The number of nitrogens with one attached hydrogen (secondary N) is 4. The molecule has 8 rings (SSSR count). The van der Waals surface area contributed by atoms with E-state index >= 15 is 0 Å². The lowest BCUT2D eigenvalue weighted by molar-refractivity contribution is -0.123. The van der Waals surface area contributed by atoms with E-state index in [0.717, 1.165) is 82.2 Å². The largest absolute Gasteiger partial charge is 0.508 e. The highest BCUT2D eigenvalue weighted by Crippen LogP contribution is 2.41. The van der Waals surface area contributed by atoms with Crippen molar-refractivity contribution in [2.24, 2.45) is 10.9 Å². The number of hydrogen-bond donors (Lipinski definition) is 6. The number of alkyl halides is 3. The Kier molecular flexibility index (Phi) is 15.3. The van der Waals surface area contributed by atoms with Crippen LogP contribution in [0.1, 0.15) is 100 Å². The zero-order chi connectivity index (χ0) is 51.6. The maximum atomic E-state index is 13.5. The van der Waals surface area contributed by atoms with Crippen molar-refractivity contribution in [2.75, 3.05) is 24.5 Å². The molecule has 0 spiro atoms. The van der Waals surface area contributed by atoms with Gasteiger partial charge in [0.1, 0.15) is 40.8 Å². The summed E-state index contributed by atoms with van der Waals surface area (Å²) in [6, 6.07) is 24.7. The molecule has 4 heterocycles. The van der Waals surface area contributed by atoms with E-state index in [4.69, 9.17) is 22.0 Å². The number of nitrogens with zero attached hydrogens (tertiary/aromatic N) is 6. The first-order valence-electron chi connectivity index (χ1n) is 23.6. The summed E-state index contributed by atoms with van der Waals surface area (Å²) in [5, 5.41) is 53.4. The maximum absolute atomic E-state index is 13.5. The number of aromatic nitrogens is 3. The number of carbonyl (C=O) groups is 2. The molecule has 6 N–H and O–H groups in total. The number of piperidine rings is 1. The van der Waals surface area contributed by atoms with Gasteiger partial charge < -0.3 is 20.8 Å². The highest BCUT2D eigenvalue weighted by atomic mass is 35.5. The minimum Gasteiger partial charge on any atom is -0.508 e. The number of amides is 2. The monoisotopic (exact) mass is 1020 g/mol. The number of aryl methyl sites for hydroxylation is 1. The molecule has 19 heteroatoms. The van der Waals surface area contributed by atoms with Crippen LogP contribution in [0.2, 0.25) is 5.02 Å². The van der Waals surface area contributed by atoms with Crippen molar-refractivity contribution in [3.63, 3.8) is 0 Å². The Bertz CT molecular complexity index is 3040. The topological polar surface area (TPSA) is 196 Å². The van der Waals surface area contributed by atoms with E-state index in [1.807, 2.05) is 69.4 Å². The number of hydrogen-bond acceptors (Lipinski definition) is 11. The van der Waals surface area contributed by atoms with Gasteiger partial charge in [0.2, 0.25) is 11.7 Å². The average molecular weight is 1020 g/mol. The van der Waals surface area contributed by atoms with Gasteiger partial charge in [0.05, 0.1) is 17.7 Å². The van der Waals surface area contributed by atoms with Crippen LogP contribution in [0.5, 0.6) is 11.5 Å². The number of halogens is 4. The van der Waals surface area contributed by atoms with Gasteiger partial charge in [-0.3, -0.25) is 39.8 Å². The second kappa shape index (κ2) is 21.4. The van der Waals surface area contributed by atoms with Crippen LogP contribution in [0.15, 0.2) is 89.9 Å². The fourth-order valence-electron chi connectivity index (χ4n) is 9.16. The van der Waals surface area contributed by atoms with E-state index in [1.165, 1.54) is 28.0 Å². The molecule has 0 bridgehead atoms. The van der Waals surface area contributed by atoms with Crippen molar-refractivity contribution in [3.8, 4) is 28.6 Å². The molecule has 2 aromatic heterocycles. The van der Waals surface area contributed by atoms with Gasteiger partial charge in [0, 0.05) is 45.9 Å². The van der Waals surface area contributed by atoms with Gasteiger partial charge >= 0.3 is 6.18 Å². The van der Waals surface area contributed by atoms with E-state index in [0.29, 0.717) is 34.4 Å². The number of fused-ring (bicyclic) bond motifs is 1. The molecule has 6 aromatic rings. The Labute approximate surface area is 424 Å². The molecule has 2 amide bonds. The third-order valence-electron chi connectivity index (χ3n) is 13.1. The van der Waals surface area contributed by atoms with Crippen molar-refractivity contribution in [3.05, 3.63) is 140 Å². The van der Waals surface area contributed by atoms with E-state index in [9.17, 15) is 38.4 Å². The molecule has 376 valence electrons. The summed E-state index contributed by atoms with van der Waals surface area (Å²) in [6.07, 6.45) is -1.98. The molecule has 0 radical (unpaired) electrons. The number of amidine groups is 2. The second-order valence-electron chi connectivity index (χ2n) is 18.7. The molecule has 1 atom stereocenters. The molecule has 4 aromatic carbocycles. The minimum atomic E-state index is -4.65. The van der Waals surface area contributed by atoms with E-state index < -0.39 is 30.5 Å². The molecule has 72 heavy (non-hydrogen) atoms. The van der Waals surface area contributed by atoms with Crippen LogP contribution >= 0.6 is 22.9 Å². The van der Waals surface area contributed by atoms with Crippen molar-refractivity contribution in [2.45, 2.75) is 91.5 Å². The molecule has 1 fully saturated rings. The number of aliphatic imine (C=N–C) groups is 1. The molecule has 0 saturated carbocycles. The summed E-state index contributed by atoms with van der Waals surface area (Å²) >= 11 is 7.74. The fourth-order valence-corrected chi connectivity index (χ4v) is 10.5. The summed E-state index contributed by atoms with van der Waals surface area (Å²) in [4.78, 5) is 36.7. The van der Waals surface area contributed by atoms with Crippen LogP contribution in [0.4, 0.5) is 18.2 Å². The van der Waals surface area contributed by atoms with Gasteiger partial charge in [-0.05, 0) is 123 Å². The number of carbonyl (C=O) groups excluding carboxylic acids is 2. The molecule has 14 nitrogen and oxygen atoms in total. The number of likely N-dealkylation sites (tertiary alicyclic amines) is 1. The molecule has 2 aliphatic rings. The standard InChI is InChI=1S/C53H56ClF3N10O4S/c1-29(2)40-23-41(44(69)25-43(40)68)49-63-64-50(51(71)61-28-53(55,56)57)67(49)39-16-10-33(11-17-39)22-34-18-20-65(21-19-34)27-36-8-6-35(7-9-36)26-60-45(70)24-42-48(59)66(32(5)58)52-46(30(3)31(4)72-52)47(62-42)37-12-14-38(54)15-13-37/h6-17,23,25,29,34,42,58-59,68-69H,18-22,24,26-28H2,1-5H3,(H,60,70)(H,61,71)/t42-/m0/s1. The third-order valence-corrected chi connectivity index (χ3v) is 14.6. The van der Waals surface area contributed by atoms with Gasteiger partial charge in [-0.1, -0.05) is 74.0 Å². The highest BCUT2D eigenvalue weighted by Gasteiger charge is 2.35. The molecule has 1 saturated heterocycles. The van der Waals surface area contributed by atoms with Crippen LogP contribution in [0, 0.1) is 30.6 Å². The number of phenolic OH excluding ortho intramolecular Hbond substituents is 2. The second-order valence-corrected chi connectivity index (χ2v) is 20.4. The van der Waals surface area contributed by atoms with Crippen molar-refractivity contribution >= 4 is 57.1 Å². The molecular weight excluding hydrogens is 965 g/mol. The normalized spacial score (nSPS) is 15.6. The highest BCUT2D eigenvalue weighted by molar-refractivity contribution is 7.17. The number of phenols is 2. The number of rotatable bonds is 14. The quantitative estimate of drug-likeness (QED) is 0.0458. The fraction of sp³-hybridized carbons (Fsp3) is 0.340. The number of benzene rings is 4. The van der Waals surface area contributed by atoms with Gasteiger partial charge in [-0.2, -0.15) is 13.2 Å². The maximum Gasteiger partial charge on any atom is 0.405 e. The molecule has 0 unspecified atom stereocenters. The minimum absolute atomic E-state index is 0.0209. The Hall–Kier alpha value is -6.89. The van der Waals surface area contributed by atoms with Crippen LogP contribution < -0.4 is 15.5 Å². The first kappa shape index (κ1) is 51.5. The summed E-state index contributed by atoms with van der Waals surface area (Å²) in [5.41, 5.74) is 7.52. The van der Waals surface area contributed by atoms with Gasteiger partial charge in [-0.25, -0.2) is 0 Å². The molecule has 0 aliphatic carbocycles. The van der Waals surface area contributed by atoms with Gasteiger partial charge in [0.15, 0.2) is 5.82 Å². The van der Waals surface area contributed by atoms with Crippen LogP contribution in [0.25, 0.3) is 17.1 Å². The smallest absolute Gasteiger partial charge is 0.405 e. The lowest BCUT2D eigenvalue weighted by Gasteiger charge is -2.32. The van der Waals surface area contributed by atoms with Crippen molar-refractivity contribution in [1.82, 2.24) is 30.3 Å². The zero-order valence-electron chi connectivity index (χ0n) is 40.5. The van der Waals surface area contributed by atoms with Crippen LogP contribution in [0.3, 0.4) is 0 Å². The Morgan fingerprint density at radius 2 is 1.56 bits per heavy atom. The summed E-state index contributed by atoms with van der Waals surface area (Å²) in [5.74, 6) is -1.69. The van der Waals surface area contributed by atoms with Crippen molar-refractivity contribution in [1.29, 1.82) is 10.8 Å². The third kappa shape index (κ3) is 11.6. The summed E-state index contributed by atoms with van der Waals surface area (Å²) in [6.45, 7) is 10.7. The van der Waals surface area contributed by atoms with Crippen LogP contribution in [-0.4, -0.2) is 90.9 Å². The van der Waals surface area contributed by atoms with Gasteiger partial charge in [-0.15, -0.1) is 21.5 Å². The lowest BCUT2D eigenvalue weighted by atomic mass is 9.90. The van der Waals surface area contributed by atoms with Crippen molar-refractivity contribution < 1.29 is 33.0 Å².